The average Bonchev–Trinajstić information content (AvgIpc) is 2.77. The highest BCUT2D eigenvalue weighted by molar-refractivity contribution is 9.10. The fourth-order valence-electron chi connectivity index (χ4n) is 2.44. The summed E-state index contributed by atoms with van der Waals surface area (Å²) >= 11 is 3.50. The Morgan fingerprint density at radius 1 is 1.45 bits per heavy atom. The van der Waals surface area contributed by atoms with Crippen LogP contribution in [0.1, 0.15) is 25.8 Å². The van der Waals surface area contributed by atoms with E-state index in [4.69, 9.17) is 0 Å². The van der Waals surface area contributed by atoms with E-state index in [2.05, 4.69) is 26.6 Å². The smallest absolute Gasteiger partial charge is 0.262 e. The molecular weight excluding hydrogens is 378 g/mol. The zero-order chi connectivity index (χ0) is 15.7. The van der Waals surface area contributed by atoms with Gasteiger partial charge in [0.05, 0.1) is 12.6 Å². The van der Waals surface area contributed by atoms with Gasteiger partial charge in [0.15, 0.2) is 0 Å². The Labute approximate surface area is 143 Å². The van der Waals surface area contributed by atoms with Crippen molar-refractivity contribution in [3.05, 3.63) is 34.3 Å². The van der Waals surface area contributed by atoms with Gasteiger partial charge < -0.3 is 5.32 Å². The van der Waals surface area contributed by atoms with Gasteiger partial charge in [-0.15, -0.1) is 12.4 Å². The Bertz CT molecular complexity index is 540. The minimum Gasteiger partial charge on any atom is -0.354 e. The quantitative estimate of drug-likeness (QED) is 0.819. The van der Waals surface area contributed by atoms with Crippen LogP contribution in [0.3, 0.4) is 0 Å². The Morgan fingerprint density at radius 2 is 2.09 bits per heavy atom. The first kappa shape index (κ1) is 19.3. The third-order valence-corrected chi connectivity index (χ3v) is 4.43. The van der Waals surface area contributed by atoms with Gasteiger partial charge in [0.1, 0.15) is 0 Å². The maximum absolute atomic E-state index is 13.1. The predicted molar refractivity (Wildman–Crippen MR) is 88.8 cm³/mol. The second-order valence-corrected chi connectivity index (χ2v) is 6.93. The van der Waals surface area contributed by atoms with Gasteiger partial charge in [-0.25, -0.2) is 8.78 Å². The van der Waals surface area contributed by atoms with Gasteiger partial charge >= 0.3 is 0 Å². The first-order valence-electron chi connectivity index (χ1n) is 6.85. The standard InChI is InChI=1S/C15H19BrF2N2O.ClH/c1-14(2,10-5-3-4-6-11(10)16)8-20-13(21)12-7-15(17,18)9-19-12;/h3-6,12,19H,7-9H2,1-2H3,(H,20,21);1H. The molecule has 1 saturated heterocycles. The van der Waals surface area contributed by atoms with Gasteiger partial charge in [0.25, 0.3) is 5.92 Å². The lowest BCUT2D eigenvalue weighted by atomic mass is 9.84. The molecule has 2 N–H and O–H groups in total. The van der Waals surface area contributed by atoms with E-state index < -0.39 is 24.9 Å². The fraction of sp³-hybridized carbons (Fsp3) is 0.533. The minimum atomic E-state index is -2.79. The molecular formula is C15H20BrClF2N2O. The summed E-state index contributed by atoms with van der Waals surface area (Å²) in [6.45, 7) is 3.96. The number of hydrogen-bond donors (Lipinski definition) is 2. The molecule has 1 aromatic carbocycles. The van der Waals surface area contributed by atoms with E-state index in [1.807, 2.05) is 38.1 Å². The highest BCUT2D eigenvalue weighted by atomic mass is 79.9. The summed E-state index contributed by atoms with van der Waals surface area (Å²) in [6, 6.07) is 6.97. The largest absolute Gasteiger partial charge is 0.354 e. The van der Waals surface area contributed by atoms with E-state index in [9.17, 15) is 13.6 Å². The molecule has 0 bridgehead atoms. The van der Waals surface area contributed by atoms with Gasteiger partial charge in [-0.1, -0.05) is 48.0 Å². The molecule has 1 heterocycles. The van der Waals surface area contributed by atoms with Crippen LogP contribution in [-0.2, 0) is 10.2 Å². The van der Waals surface area contributed by atoms with Crippen molar-refractivity contribution in [2.75, 3.05) is 13.1 Å². The summed E-state index contributed by atoms with van der Waals surface area (Å²) in [4.78, 5) is 12.0. The summed E-state index contributed by atoms with van der Waals surface area (Å²) in [7, 11) is 0. The van der Waals surface area contributed by atoms with Crippen molar-refractivity contribution in [2.45, 2.75) is 37.6 Å². The van der Waals surface area contributed by atoms with E-state index in [0.717, 1.165) is 10.0 Å². The van der Waals surface area contributed by atoms with Crippen molar-refractivity contribution in [3.8, 4) is 0 Å². The summed E-state index contributed by atoms with van der Waals surface area (Å²) in [6.07, 6.45) is -0.436. The number of carbonyl (C=O) groups excluding carboxylic acids is 1. The number of halogens is 4. The van der Waals surface area contributed by atoms with Crippen LogP contribution in [0.15, 0.2) is 28.7 Å². The van der Waals surface area contributed by atoms with Crippen LogP contribution in [0.2, 0.25) is 0 Å². The van der Waals surface area contributed by atoms with E-state index >= 15 is 0 Å². The van der Waals surface area contributed by atoms with Crippen molar-refractivity contribution in [2.24, 2.45) is 0 Å². The van der Waals surface area contributed by atoms with Crippen LogP contribution in [-0.4, -0.2) is 31.0 Å². The summed E-state index contributed by atoms with van der Waals surface area (Å²) < 4.78 is 27.2. The van der Waals surface area contributed by atoms with E-state index in [0.29, 0.717) is 6.54 Å². The molecule has 1 unspecified atom stereocenters. The highest BCUT2D eigenvalue weighted by Gasteiger charge is 2.42. The zero-order valence-corrected chi connectivity index (χ0v) is 14.9. The van der Waals surface area contributed by atoms with Crippen LogP contribution in [0.4, 0.5) is 8.78 Å². The predicted octanol–water partition coefficient (Wildman–Crippen LogP) is 3.26. The lowest BCUT2D eigenvalue weighted by molar-refractivity contribution is -0.123. The van der Waals surface area contributed by atoms with Crippen molar-refractivity contribution in [3.63, 3.8) is 0 Å². The minimum absolute atomic E-state index is 0. The maximum Gasteiger partial charge on any atom is 0.262 e. The van der Waals surface area contributed by atoms with Crippen LogP contribution in [0.5, 0.6) is 0 Å². The van der Waals surface area contributed by atoms with Gasteiger partial charge in [-0.3, -0.25) is 10.1 Å². The van der Waals surface area contributed by atoms with Gasteiger partial charge in [-0.05, 0) is 11.6 Å². The first-order chi connectivity index (χ1) is 9.71. The topological polar surface area (TPSA) is 41.1 Å². The van der Waals surface area contributed by atoms with Crippen molar-refractivity contribution >= 4 is 34.2 Å². The number of hydrogen-bond acceptors (Lipinski definition) is 2. The molecule has 1 aliphatic rings. The maximum atomic E-state index is 13.1. The van der Waals surface area contributed by atoms with E-state index in [-0.39, 0.29) is 23.7 Å². The molecule has 22 heavy (non-hydrogen) atoms. The monoisotopic (exact) mass is 396 g/mol. The number of amides is 1. The van der Waals surface area contributed by atoms with E-state index in [1.165, 1.54) is 0 Å². The zero-order valence-electron chi connectivity index (χ0n) is 12.5. The van der Waals surface area contributed by atoms with Crippen LogP contribution >= 0.6 is 28.3 Å². The van der Waals surface area contributed by atoms with Crippen molar-refractivity contribution in [1.29, 1.82) is 0 Å². The summed E-state index contributed by atoms with van der Waals surface area (Å²) in [5.74, 6) is -3.16. The lowest BCUT2D eigenvalue weighted by Gasteiger charge is -2.27. The average molecular weight is 398 g/mol. The van der Waals surface area contributed by atoms with Crippen LogP contribution in [0, 0.1) is 0 Å². The van der Waals surface area contributed by atoms with E-state index in [1.54, 1.807) is 0 Å². The molecule has 1 atom stereocenters. The number of carbonyl (C=O) groups is 1. The third-order valence-electron chi connectivity index (χ3n) is 3.73. The Balaban J connectivity index is 0.00000242. The Kier molecular flexibility index (Phi) is 6.36. The normalized spacial score (nSPS) is 20.3. The third kappa shape index (κ3) is 4.64. The second kappa shape index (κ2) is 7.23. The molecule has 1 fully saturated rings. The molecule has 0 spiro atoms. The molecule has 3 nitrogen and oxygen atoms in total. The SMILES string of the molecule is CC(C)(CNC(=O)C1CC(F)(F)CN1)c1ccccc1Br.Cl. The van der Waals surface area contributed by atoms with Crippen LogP contribution < -0.4 is 10.6 Å². The lowest BCUT2D eigenvalue weighted by Crippen LogP contribution is -2.45. The second-order valence-electron chi connectivity index (χ2n) is 6.08. The molecule has 2 rings (SSSR count). The number of nitrogens with one attached hydrogen (secondary N) is 2. The molecule has 0 aliphatic carbocycles. The summed E-state index contributed by atoms with van der Waals surface area (Å²) in [5.41, 5.74) is 0.770. The van der Waals surface area contributed by atoms with Crippen molar-refractivity contribution in [1.82, 2.24) is 10.6 Å². The molecule has 1 aliphatic heterocycles. The number of alkyl halides is 2. The Morgan fingerprint density at radius 3 is 2.64 bits per heavy atom. The Hall–Kier alpha value is -0.720. The summed E-state index contributed by atoms with van der Waals surface area (Å²) in [5, 5.41) is 5.34. The van der Waals surface area contributed by atoms with Crippen molar-refractivity contribution < 1.29 is 13.6 Å². The highest BCUT2D eigenvalue weighted by Crippen LogP contribution is 2.30. The molecule has 0 radical (unpaired) electrons. The molecule has 1 aromatic rings. The van der Waals surface area contributed by atoms with Gasteiger partial charge in [0.2, 0.25) is 5.91 Å². The van der Waals surface area contributed by atoms with Gasteiger partial charge in [0, 0.05) is 22.9 Å². The molecule has 0 aromatic heterocycles. The molecule has 1 amide bonds. The number of rotatable bonds is 4. The number of benzene rings is 1. The first-order valence-corrected chi connectivity index (χ1v) is 7.64. The molecule has 0 saturated carbocycles. The molecule has 7 heteroatoms. The molecule has 124 valence electrons. The van der Waals surface area contributed by atoms with Crippen LogP contribution in [0.25, 0.3) is 0 Å². The van der Waals surface area contributed by atoms with Gasteiger partial charge in [-0.2, -0.15) is 0 Å². The fourth-order valence-corrected chi connectivity index (χ4v) is 3.26.